The number of fused-ring (bicyclic) bond motifs is 1. The third-order valence-corrected chi connectivity index (χ3v) is 2.83. The number of rotatable bonds is 1. The zero-order valence-corrected chi connectivity index (χ0v) is 8.48. The molecule has 1 N–H and O–H groups in total. The van der Waals surface area contributed by atoms with Gasteiger partial charge in [-0.15, -0.1) is 0 Å². The molecule has 3 heteroatoms. The van der Waals surface area contributed by atoms with E-state index in [-0.39, 0.29) is 0 Å². The Morgan fingerprint density at radius 1 is 1.33 bits per heavy atom. The van der Waals surface area contributed by atoms with Crippen LogP contribution in [0.5, 0.6) is 0 Å². The number of aromatic nitrogens is 2. The maximum absolute atomic E-state index is 4.30. The maximum Gasteiger partial charge on any atom is 0.139 e. The molecule has 0 radical (unpaired) electrons. The van der Waals surface area contributed by atoms with Gasteiger partial charge in [-0.3, -0.25) is 0 Å². The summed E-state index contributed by atoms with van der Waals surface area (Å²) < 4.78 is 0. The Morgan fingerprint density at radius 2 is 2.33 bits per heavy atom. The molecular weight excluding hydrogens is 186 g/mol. The van der Waals surface area contributed by atoms with Gasteiger partial charge >= 0.3 is 0 Å². The van der Waals surface area contributed by atoms with E-state index in [1.165, 1.54) is 11.1 Å². The van der Waals surface area contributed by atoms with E-state index < -0.39 is 0 Å². The summed E-state index contributed by atoms with van der Waals surface area (Å²) in [6, 6.07) is 4.10. The van der Waals surface area contributed by atoms with Crippen molar-refractivity contribution in [2.45, 2.75) is 6.42 Å². The predicted octanol–water partition coefficient (Wildman–Crippen LogP) is 2.33. The highest BCUT2D eigenvalue weighted by Crippen LogP contribution is 2.26. The Morgan fingerprint density at radius 3 is 3.20 bits per heavy atom. The van der Waals surface area contributed by atoms with Gasteiger partial charge in [0.15, 0.2) is 0 Å². The van der Waals surface area contributed by atoms with Crippen LogP contribution in [0.25, 0.3) is 11.0 Å². The average molecular weight is 199 g/mol. The fourth-order valence-corrected chi connectivity index (χ4v) is 2.06. The first kappa shape index (κ1) is 8.53. The van der Waals surface area contributed by atoms with Crippen LogP contribution in [0.3, 0.4) is 0 Å². The highest BCUT2D eigenvalue weighted by molar-refractivity contribution is 5.90. The molecule has 1 aliphatic rings. The van der Waals surface area contributed by atoms with Crippen molar-refractivity contribution in [3.8, 4) is 0 Å². The molecule has 0 amide bonds. The molecule has 3 rings (SSSR count). The molecule has 0 saturated heterocycles. The Labute approximate surface area is 88.4 Å². The summed E-state index contributed by atoms with van der Waals surface area (Å²) in [7, 11) is 0. The fraction of sp³-hybridized carbons (Fsp3) is 0.250. The molecule has 3 heterocycles. The highest BCUT2D eigenvalue weighted by Gasteiger charge is 2.11. The van der Waals surface area contributed by atoms with Crippen LogP contribution < -0.4 is 4.90 Å². The van der Waals surface area contributed by atoms with E-state index in [1.807, 2.05) is 12.3 Å². The van der Waals surface area contributed by atoms with Crippen LogP contribution in [0, 0.1) is 0 Å². The molecule has 0 aromatic carbocycles. The van der Waals surface area contributed by atoms with Crippen molar-refractivity contribution < 1.29 is 0 Å². The van der Waals surface area contributed by atoms with Crippen LogP contribution in [0.15, 0.2) is 36.7 Å². The lowest BCUT2D eigenvalue weighted by atomic mass is 10.2. The van der Waals surface area contributed by atoms with Gasteiger partial charge in [-0.1, -0.05) is 12.2 Å². The molecule has 0 unspecified atom stereocenters. The summed E-state index contributed by atoms with van der Waals surface area (Å²) in [6.45, 7) is 2.10. The predicted molar refractivity (Wildman–Crippen MR) is 62.1 cm³/mol. The summed E-state index contributed by atoms with van der Waals surface area (Å²) in [4.78, 5) is 9.88. The standard InChI is InChI=1S/C12H13N3/c1-2-7-15(8-3-1)11-9-14-12-10(11)5-4-6-13-12/h1-2,4-6,9H,3,7-8H2,(H,13,14). The lowest BCUT2D eigenvalue weighted by Crippen LogP contribution is -2.26. The molecule has 2 aromatic rings. The highest BCUT2D eigenvalue weighted by atomic mass is 15.1. The van der Waals surface area contributed by atoms with E-state index in [4.69, 9.17) is 0 Å². The molecule has 15 heavy (non-hydrogen) atoms. The molecule has 0 spiro atoms. The topological polar surface area (TPSA) is 31.9 Å². The fourth-order valence-electron chi connectivity index (χ4n) is 2.06. The number of hydrogen-bond acceptors (Lipinski definition) is 2. The smallest absolute Gasteiger partial charge is 0.139 e. The third kappa shape index (κ3) is 1.40. The van der Waals surface area contributed by atoms with Crippen LogP contribution in [0.2, 0.25) is 0 Å². The third-order valence-electron chi connectivity index (χ3n) is 2.83. The number of hydrogen-bond donors (Lipinski definition) is 1. The number of pyridine rings is 1. The van der Waals surface area contributed by atoms with Gasteiger partial charge in [0.2, 0.25) is 0 Å². The van der Waals surface area contributed by atoms with Crippen LogP contribution in [0.1, 0.15) is 6.42 Å². The molecule has 2 aromatic heterocycles. The van der Waals surface area contributed by atoms with Crippen molar-refractivity contribution in [3.63, 3.8) is 0 Å². The van der Waals surface area contributed by atoms with E-state index >= 15 is 0 Å². The first-order chi connectivity index (χ1) is 7.45. The summed E-state index contributed by atoms with van der Waals surface area (Å²) in [5, 5.41) is 1.22. The van der Waals surface area contributed by atoms with E-state index in [9.17, 15) is 0 Å². The Balaban J connectivity index is 2.07. The second-order valence-electron chi connectivity index (χ2n) is 3.78. The van der Waals surface area contributed by atoms with Gasteiger partial charge in [0.05, 0.1) is 5.69 Å². The molecule has 0 atom stereocenters. The van der Waals surface area contributed by atoms with Crippen molar-refractivity contribution in [2.75, 3.05) is 18.0 Å². The normalized spacial score (nSPS) is 16.1. The van der Waals surface area contributed by atoms with Gasteiger partial charge in [-0.25, -0.2) is 4.98 Å². The van der Waals surface area contributed by atoms with Gasteiger partial charge in [0.25, 0.3) is 0 Å². The minimum Gasteiger partial charge on any atom is -0.366 e. The van der Waals surface area contributed by atoms with E-state index in [2.05, 4.69) is 39.3 Å². The van der Waals surface area contributed by atoms with E-state index in [0.29, 0.717) is 0 Å². The van der Waals surface area contributed by atoms with Crippen molar-refractivity contribution in [2.24, 2.45) is 0 Å². The van der Waals surface area contributed by atoms with E-state index in [0.717, 1.165) is 25.2 Å². The number of H-pyrrole nitrogens is 1. The summed E-state index contributed by atoms with van der Waals surface area (Å²) in [5.41, 5.74) is 2.24. The molecule has 0 bridgehead atoms. The summed E-state index contributed by atoms with van der Waals surface area (Å²) >= 11 is 0. The van der Waals surface area contributed by atoms with Crippen LogP contribution in [-0.2, 0) is 0 Å². The summed E-state index contributed by atoms with van der Waals surface area (Å²) in [6.07, 6.45) is 9.46. The van der Waals surface area contributed by atoms with Gasteiger partial charge in [0, 0.05) is 30.9 Å². The van der Waals surface area contributed by atoms with Crippen LogP contribution in [0.4, 0.5) is 5.69 Å². The lowest BCUT2D eigenvalue weighted by Gasteiger charge is -2.24. The molecule has 0 aliphatic carbocycles. The number of nitrogens with zero attached hydrogens (tertiary/aromatic N) is 2. The quantitative estimate of drug-likeness (QED) is 0.715. The second-order valence-corrected chi connectivity index (χ2v) is 3.78. The lowest BCUT2D eigenvalue weighted by molar-refractivity contribution is 0.824. The van der Waals surface area contributed by atoms with Gasteiger partial charge in [-0.05, 0) is 18.6 Å². The molecule has 1 aliphatic heterocycles. The molecule has 0 fully saturated rings. The largest absolute Gasteiger partial charge is 0.366 e. The molecule has 76 valence electrons. The van der Waals surface area contributed by atoms with Gasteiger partial charge in [-0.2, -0.15) is 0 Å². The number of anilines is 1. The van der Waals surface area contributed by atoms with Crippen molar-refractivity contribution in [1.82, 2.24) is 9.97 Å². The zero-order chi connectivity index (χ0) is 10.1. The first-order valence-corrected chi connectivity index (χ1v) is 5.27. The van der Waals surface area contributed by atoms with Gasteiger partial charge in [0.1, 0.15) is 5.65 Å². The zero-order valence-electron chi connectivity index (χ0n) is 8.48. The van der Waals surface area contributed by atoms with Crippen molar-refractivity contribution >= 4 is 16.7 Å². The van der Waals surface area contributed by atoms with Crippen LogP contribution >= 0.6 is 0 Å². The molecule has 3 nitrogen and oxygen atoms in total. The Hall–Kier alpha value is -1.77. The summed E-state index contributed by atoms with van der Waals surface area (Å²) in [5.74, 6) is 0. The SMILES string of the molecule is C1=CCN(c2c[nH]c3ncccc23)CC1. The second kappa shape index (κ2) is 3.42. The minimum atomic E-state index is 0.974. The molecule has 0 saturated carbocycles. The number of nitrogens with one attached hydrogen (secondary N) is 1. The van der Waals surface area contributed by atoms with Gasteiger partial charge < -0.3 is 9.88 Å². The molecular formula is C12H13N3. The Bertz CT molecular complexity index is 498. The monoisotopic (exact) mass is 199 g/mol. The average Bonchev–Trinajstić information content (AvgIpc) is 2.74. The minimum absolute atomic E-state index is 0.974. The first-order valence-electron chi connectivity index (χ1n) is 5.27. The maximum atomic E-state index is 4.30. The van der Waals surface area contributed by atoms with E-state index in [1.54, 1.807) is 0 Å². The number of aromatic amines is 1. The van der Waals surface area contributed by atoms with Crippen molar-refractivity contribution in [3.05, 3.63) is 36.7 Å². The van der Waals surface area contributed by atoms with Crippen LogP contribution in [-0.4, -0.2) is 23.1 Å². The van der Waals surface area contributed by atoms with Crippen molar-refractivity contribution in [1.29, 1.82) is 0 Å². The Kier molecular flexibility index (Phi) is 1.95.